The number of aliphatic carboxylic acids is 2. The molecule has 0 aromatic heterocycles. The molecule has 0 aliphatic carbocycles. The van der Waals surface area contributed by atoms with E-state index < -0.39 is 24.5 Å². The number of rotatable bonds is 4. The predicted molar refractivity (Wildman–Crippen MR) is 25.3 cm³/mol. The summed E-state index contributed by atoms with van der Waals surface area (Å²) in [5.41, 5.74) is 0. The molecule has 0 rings (SSSR count). The van der Waals surface area contributed by atoms with Gasteiger partial charge in [-0.05, 0) is 12.8 Å². The Hall–Kier alpha value is 0.900. The maximum absolute atomic E-state index is 9.74. The van der Waals surface area contributed by atoms with Gasteiger partial charge in [-0.15, -0.1) is 0 Å². The van der Waals surface area contributed by atoms with Gasteiger partial charge >= 0.3 is 59.1 Å². The van der Waals surface area contributed by atoms with Gasteiger partial charge in [0.1, 0.15) is 0 Å². The number of aliphatic hydroxyl groups is 1. The molecule has 12 heavy (non-hydrogen) atoms. The first kappa shape index (κ1) is 18.6. The first-order valence-corrected chi connectivity index (χ1v) is 2.63. The van der Waals surface area contributed by atoms with Crippen molar-refractivity contribution in [3.8, 4) is 0 Å². The van der Waals surface area contributed by atoms with E-state index in [0.29, 0.717) is 0 Å². The van der Waals surface area contributed by atoms with Crippen LogP contribution in [0.3, 0.4) is 0 Å². The van der Waals surface area contributed by atoms with Crippen LogP contribution in [0.25, 0.3) is 0 Å². The molecule has 0 fully saturated rings. The summed E-state index contributed by atoms with van der Waals surface area (Å²) in [7, 11) is 0. The molecule has 0 aliphatic heterocycles. The van der Waals surface area contributed by atoms with Crippen LogP contribution in [0.4, 0.5) is 0 Å². The molecule has 1 atom stereocenters. The minimum Gasteiger partial charge on any atom is -0.550 e. The van der Waals surface area contributed by atoms with Crippen LogP contribution < -0.4 is 69.3 Å². The second-order valence-electron chi connectivity index (χ2n) is 1.75. The Morgan fingerprint density at radius 1 is 1.25 bits per heavy atom. The predicted octanol–water partition coefficient (Wildman–Crippen LogP) is -9.36. The molecule has 1 unspecified atom stereocenters. The molecule has 1 N–H and O–H groups in total. The molecule has 7 heteroatoms. The van der Waals surface area contributed by atoms with E-state index in [1.807, 2.05) is 0 Å². The first-order chi connectivity index (χ1) is 4.54. The van der Waals surface area contributed by atoms with Gasteiger partial charge in [0.15, 0.2) is 0 Å². The van der Waals surface area contributed by atoms with Crippen LogP contribution in [-0.2, 0) is 9.59 Å². The van der Waals surface area contributed by atoms with Crippen molar-refractivity contribution < 1.29 is 84.0 Å². The fourth-order valence-electron chi connectivity index (χ4n) is 0.372. The Morgan fingerprint density at radius 3 is 1.92 bits per heavy atom. The zero-order chi connectivity index (χ0) is 8.15. The average molecular weight is 192 g/mol. The topological polar surface area (TPSA) is 100 Å². The Labute approximate surface area is 114 Å². The molecule has 0 saturated heterocycles. The van der Waals surface area contributed by atoms with E-state index in [-0.39, 0.29) is 65.5 Å². The second kappa shape index (κ2) is 9.98. The van der Waals surface area contributed by atoms with Gasteiger partial charge in [0.25, 0.3) is 0 Å². The molecule has 0 amide bonds. The Morgan fingerprint density at radius 2 is 1.67 bits per heavy atom. The largest absolute Gasteiger partial charge is 1.00 e. The number of carbonyl (C=O) groups is 2. The van der Waals surface area contributed by atoms with Gasteiger partial charge < -0.3 is 24.9 Å². The van der Waals surface area contributed by atoms with Crippen molar-refractivity contribution in [1.82, 2.24) is 0 Å². The Kier molecular flexibility index (Phi) is 15.5. The van der Waals surface area contributed by atoms with Gasteiger partial charge in [-0.1, -0.05) is 0 Å². The molecule has 5 nitrogen and oxygen atoms in total. The quantitative estimate of drug-likeness (QED) is 0.446. The van der Waals surface area contributed by atoms with Gasteiger partial charge in [0.2, 0.25) is 0 Å². The van der Waals surface area contributed by atoms with E-state index in [4.69, 9.17) is 5.11 Å². The van der Waals surface area contributed by atoms with E-state index in [2.05, 4.69) is 0 Å². The van der Waals surface area contributed by atoms with Crippen molar-refractivity contribution in [2.75, 3.05) is 0 Å². The molecule has 0 bridgehead atoms. The van der Waals surface area contributed by atoms with Crippen molar-refractivity contribution in [2.45, 2.75) is 18.9 Å². The monoisotopic (exact) mass is 192 g/mol. The number of carboxylic acid groups (broad SMARTS) is 2. The smallest absolute Gasteiger partial charge is 0.550 e. The van der Waals surface area contributed by atoms with Crippen molar-refractivity contribution in [1.29, 1.82) is 0 Å². The molecule has 0 aliphatic rings. The summed E-state index contributed by atoms with van der Waals surface area (Å²) in [4.78, 5) is 19.4. The fraction of sp³-hybridized carbons (Fsp3) is 0.600. The second-order valence-corrected chi connectivity index (χ2v) is 1.75. The third kappa shape index (κ3) is 10.9. The molecule has 0 radical (unpaired) electrons. The number of carboxylic acids is 2. The van der Waals surface area contributed by atoms with Crippen LogP contribution in [-0.4, -0.2) is 23.1 Å². The summed E-state index contributed by atoms with van der Waals surface area (Å²) in [6.07, 6.45) is -2.56. The summed E-state index contributed by atoms with van der Waals surface area (Å²) in [5.74, 6) is -3.05. The van der Waals surface area contributed by atoms with Crippen LogP contribution >= 0.6 is 0 Å². The van der Waals surface area contributed by atoms with Gasteiger partial charge in [0.05, 0.1) is 12.1 Å². The summed E-state index contributed by atoms with van der Waals surface area (Å²) >= 11 is 0. The molecular weight excluding hydrogens is 186 g/mol. The van der Waals surface area contributed by atoms with Crippen molar-refractivity contribution in [3.63, 3.8) is 0 Å². The number of aliphatic hydroxyl groups excluding tert-OH is 1. The summed E-state index contributed by atoms with van der Waals surface area (Å²) in [5, 5.41) is 27.9. The Balaban J connectivity index is -0.000000405. The zero-order valence-electron chi connectivity index (χ0n) is 7.07. The standard InChI is InChI=1S/C5H8O5.2Na/c6-3(5(9)10)1-2-4(7)8;;/h3,6H,1-2H2,(H,7,8)(H,9,10);;/q;2*+1/p-2. The van der Waals surface area contributed by atoms with Crippen molar-refractivity contribution in [3.05, 3.63) is 0 Å². The van der Waals surface area contributed by atoms with E-state index in [1.165, 1.54) is 0 Å². The average Bonchev–Trinajstić information content (AvgIpc) is 1.82. The molecule has 0 aromatic carbocycles. The molecule has 0 saturated carbocycles. The van der Waals surface area contributed by atoms with E-state index in [1.54, 1.807) is 0 Å². The minimum atomic E-state index is -1.71. The van der Waals surface area contributed by atoms with E-state index in [0.717, 1.165) is 0 Å². The summed E-state index contributed by atoms with van der Waals surface area (Å²) in [6, 6.07) is 0. The fourth-order valence-corrected chi connectivity index (χ4v) is 0.372. The van der Waals surface area contributed by atoms with E-state index >= 15 is 0 Å². The molecule has 58 valence electrons. The third-order valence-corrected chi connectivity index (χ3v) is 0.894. The normalized spacial score (nSPS) is 10.4. The van der Waals surface area contributed by atoms with Gasteiger partial charge in [0, 0.05) is 5.97 Å². The van der Waals surface area contributed by atoms with Crippen LogP contribution in [0, 0.1) is 0 Å². The number of hydrogen-bond acceptors (Lipinski definition) is 5. The van der Waals surface area contributed by atoms with Crippen LogP contribution in [0.2, 0.25) is 0 Å². The van der Waals surface area contributed by atoms with Crippen LogP contribution in [0.15, 0.2) is 0 Å². The van der Waals surface area contributed by atoms with Gasteiger partial charge in [-0.2, -0.15) is 0 Å². The molecule has 0 aromatic rings. The summed E-state index contributed by atoms with van der Waals surface area (Å²) in [6.45, 7) is 0. The van der Waals surface area contributed by atoms with Crippen LogP contribution in [0.5, 0.6) is 0 Å². The van der Waals surface area contributed by atoms with Crippen molar-refractivity contribution >= 4 is 11.9 Å². The van der Waals surface area contributed by atoms with Crippen LogP contribution in [0.1, 0.15) is 12.8 Å². The summed E-state index contributed by atoms with van der Waals surface area (Å²) < 4.78 is 0. The maximum Gasteiger partial charge on any atom is 1.00 e. The molecule has 0 spiro atoms. The molecule has 0 heterocycles. The molecular formula is C5H6Na2O5. The maximum atomic E-state index is 9.74. The number of carbonyl (C=O) groups excluding carboxylic acids is 2. The van der Waals surface area contributed by atoms with Crippen molar-refractivity contribution in [2.24, 2.45) is 0 Å². The third-order valence-electron chi connectivity index (χ3n) is 0.894. The first-order valence-electron chi connectivity index (χ1n) is 2.63. The van der Waals surface area contributed by atoms with Gasteiger partial charge in [-0.3, -0.25) is 0 Å². The number of hydrogen-bond donors (Lipinski definition) is 1. The van der Waals surface area contributed by atoms with Gasteiger partial charge in [-0.25, -0.2) is 0 Å². The SMILES string of the molecule is O=C([O-])CCC(O)C(=O)[O-].[Na+].[Na+]. The van der Waals surface area contributed by atoms with E-state index in [9.17, 15) is 19.8 Å². The zero-order valence-corrected chi connectivity index (χ0v) is 11.1. The Bertz CT molecular complexity index is 149. The minimum absolute atomic E-state index is 0.